The van der Waals surface area contributed by atoms with Crippen molar-refractivity contribution >= 4 is 88.7 Å². The number of anilines is 6. The van der Waals surface area contributed by atoms with Crippen molar-refractivity contribution in [3.05, 3.63) is 186 Å². The normalized spacial score (nSPS) is 15.7. The predicted octanol–water partition coefficient (Wildman–Crippen LogP) is 15.4. The molecule has 3 heterocycles. The van der Waals surface area contributed by atoms with Crippen LogP contribution in [-0.2, 0) is 16.2 Å². The lowest BCUT2D eigenvalue weighted by molar-refractivity contribution is 0.332. The zero-order valence-corrected chi connectivity index (χ0v) is 39.7. The Morgan fingerprint density at radius 2 is 1.14 bits per heavy atom. The summed E-state index contributed by atoms with van der Waals surface area (Å²) in [5, 5.41) is 2.65. The fourth-order valence-electron chi connectivity index (χ4n) is 11.6. The van der Waals surface area contributed by atoms with E-state index in [2.05, 4.69) is 229 Å². The average Bonchev–Trinajstić information content (AvgIpc) is 3.70. The molecule has 3 aliphatic rings. The van der Waals surface area contributed by atoms with Gasteiger partial charge in [-0.15, -0.1) is 11.3 Å². The summed E-state index contributed by atoms with van der Waals surface area (Å²) < 4.78 is 2.63. The summed E-state index contributed by atoms with van der Waals surface area (Å²) in [7, 11) is 0. The molecule has 12 rings (SSSR count). The molecular weight excluding hydrogens is 804 g/mol. The summed E-state index contributed by atoms with van der Waals surface area (Å²) in [5.74, 6) is 0. The Kier molecular flexibility index (Phi) is 8.85. The van der Waals surface area contributed by atoms with Crippen LogP contribution in [0.5, 0.6) is 0 Å². The highest BCUT2D eigenvalue weighted by Gasteiger charge is 2.47. The van der Waals surface area contributed by atoms with Crippen LogP contribution in [0.3, 0.4) is 0 Å². The van der Waals surface area contributed by atoms with Crippen LogP contribution in [0.2, 0.25) is 0 Å². The van der Waals surface area contributed by atoms with Gasteiger partial charge in [0.2, 0.25) is 0 Å². The van der Waals surface area contributed by atoms with Gasteiger partial charge >= 0.3 is 0 Å². The molecule has 2 aliphatic heterocycles. The van der Waals surface area contributed by atoms with Crippen molar-refractivity contribution in [2.45, 2.75) is 84.5 Å². The molecule has 9 aromatic rings. The van der Waals surface area contributed by atoms with Crippen molar-refractivity contribution < 1.29 is 0 Å². The van der Waals surface area contributed by atoms with Gasteiger partial charge in [0.25, 0.3) is 6.71 Å². The van der Waals surface area contributed by atoms with Gasteiger partial charge in [0.1, 0.15) is 0 Å². The number of hydrogen-bond acceptors (Lipinski definition) is 3. The first-order valence-corrected chi connectivity index (χ1v) is 24.3. The highest BCUT2D eigenvalue weighted by atomic mass is 32.1. The standard InChI is InChI=1S/C61H55BN2S/c1-38-33-42(59(2,3)4)27-29-49(38)63-51-37-46-45(60(5,6)31-32-61(46,7)8)36-48(51)62-47-28-30-55-56(44-24-16-18-26-54(44)65-55)58(47)64(50-25-17-15-23-43(50)40-21-13-10-14-22-40)53-35-41(34-52(63)57(53)62)39-19-11-9-12-20-39/h9-30,33-37H,31-32H2,1-8H3. The van der Waals surface area contributed by atoms with Crippen molar-refractivity contribution in [2.24, 2.45) is 0 Å². The molecule has 0 fully saturated rings. The van der Waals surface area contributed by atoms with Gasteiger partial charge in [0.15, 0.2) is 0 Å². The molecule has 318 valence electrons. The molecule has 0 amide bonds. The number of thiophene rings is 1. The van der Waals surface area contributed by atoms with E-state index in [9.17, 15) is 0 Å². The number of aryl methyl sites for hydroxylation is 1. The number of hydrogen-bond donors (Lipinski definition) is 0. The third kappa shape index (κ3) is 6.13. The molecule has 0 saturated carbocycles. The summed E-state index contributed by atoms with van der Waals surface area (Å²) in [6.45, 7) is 19.2. The van der Waals surface area contributed by atoms with Gasteiger partial charge in [-0.2, -0.15) is 0 Å². The van der Waals surface area contributed by atoms with E-state index in [1.165, 1.54) is 115 Å². The van der Waals surface area contributed by atoms with E-state index in [-0.39, 0.29) is 23.0 Å². The van der Waals surface area contributed by atoms with Crippen LogP contribution < -0.4 is 26.2 Å². The van der Waals surface area contributed by atoms with E-state index in [4.69, 9.17) is 0 Å². The maximum atomic E-state index is 2.67. The maximum absolute atomic E-state index is 2.67. The third-order valence-electron chi connectivity index (χ3n) is 15.2. The van der Waals surface area contributed by atoms with Crippen LogP contribution in [0.15, 0.2) is 164 Å². The summed E-state index contributed by atoms with van der Waals surface area (Å²) in [5.41, 5.74) is 22.2. The minimum absolute atomic E-state index is 0.00503. The van der Waals surface area contributed by atoms with E-state index < -0.39 is 0 Å². The van der Waals surface area contributed by atoms with Crippen molar-refractivity contribution in [3.63, 3.8) is 0 Å². The van der Waals surface area contributed by atoms with Crippen molar-refractivity contribution in [3.8, 4) is 22.3 Å². The van der Waals surface area contributed by atoms with E-state index >= 15 is 0 Å². The SMILES string of the molecule is Cc1cc(C(C)(C)C)ccc1N1c2cc3c(cc2B2c4ccc5sc6ccccc6c5c4N(c4ccccc4-c4ccccc4)c4cc(-c5ccccc5)cc1c42)C(C)(C)CCC3(C)C. The van der Waals surface area contributed by atoms with Gasteiger partial charge in [0.05, 0.1) is 11.4 Å². The summed E-state index contributed by atoms with van der Waals surface area (Å²) >= 11 is 1.91. The monoisotopic (exact) mass is 858 g/mol. The van der Waals surface area contributed by atoms with Crippen LogP contribution in [0.25, 0.3) is 42.4 Å². The predicted molar refractivity (Wildman–Crippen MR) is 283 cm³/mol. The number of rotatable bonds is 4. The molecule has 0 bridgehead atoms. The smallest absolute Gasteiger partial charge is 0.252 e. The Bertz CT molecular complexity index is 3390. The Morgan fingerprint density at radius 1 is 0.508 bits per heavy atom. The fourth-order valence-corrected chi connectivity index (χ4v) is 12.7. The van der Waals surface area contributed by atoms with Gasteiger partial charge in [-0.1, -0.05) is 170 Å². The molecule has 2 nitrogen and oxygen atoms in total. The van der Waals surface area contributed by atoms with Gasteiger partial charge < -0.3 is 9.80 Å². The van der Waals surface area contributed by atoms with Crippen LogP contribution in [0, 0.1) is 6.92 Å². The largest absolute Gasteiger partial charge is 0.311 e. The number of nitrogens with zero attached hydrogens (tertiary/aromatic N) is 2. The van der Waals surface area contributed by atoms with Gasteiger partial charge in [-0.3, -0.25) is 0 Å². The van der Waals surface area contributed by atoms with Crippen molar-refractivity contribution in [1.82, 2.24) is 0 Å². The molecule has 8 aromatic carbocycles. The highest BCUT2D eigenvalue weighted by Crippen LogP contribution is 2.54. The second kappa shape index (κ2) is 14.3. The highest BCUT2D eigenvalue weighted by molar-refractivity contribution is 7.26. The molecule has 65 heavy (non-hydrogen) atoms. The van der Waals surface area contributed by atoms with E-state index in [1.54, 1.807) is 0 Å². The zero-order chi connectivity index (χ0) is 44.6. The number of para-hydroxylation sites is 1. The first-order valence-electron chi connectivity index (χ1n) is 23.5. The Hall–Kier alpha value is -6.36. The Balaban J connectivity index is 1.27. The molecular formula is C61H55BN2S. The molecule has 0 unspecified atom stereocenters. The minimum atomic E-state index is -0.00503. The molecule has 4 heteroatoms. The lowest BCUT2D eigenvalue weighted by Crippen LogP contribution is -2.62. The summed E-state index contributed by atoms with van der Waals surface area (Å²) in [4.78, 5) is 5.34. The molecule has 0 saturated heterocycles. The maximum Gasteiger partial charge on any atom is 0.252 e. The molecule has 0 atom stereocenters. The van der Waals surface area contributed by atoms with Crippen molar-refractivity contribution in [1.29, 1.82) is 0 Å². The van der Waals surface area contributed by atoms with Crippen LogP contribution in [0.1, 0.15) is 83.6 Å². The molecule has 1 aromatic heterocycles. The van der Waals surface area contributed by atoms with E-state index in [0.717, 1.165) is 12.8 Å². The van der Waals surface area contributed by atoms with Gasteiger partial charge in [0, 0.05) is 48.5 Å². The van der Waals surface area contributed by atoms with E-state index in [1.807, 2.05) is 11.3 Å². The first kappa shape index (κ1) is 40.2. The topological polar surface area (TPSA) is 6.48 Å². The Morgan fingerprint density at radius 3 is 1.85 bits per heavy atom. The second-order valence-electron chi connectivity index (χ2n) is 21.2. The third-order valence-corrected chi connectivity index (χ3v) is 16.3. The number of fused-ring (bicyclic) bond motifs is 9. The lowest BCUT2D eigenvalue weighted by atomic mass is 9.33. The minimum Gasteiger partial charge on any atom is -0.311 e. The van der Waals surface area contributed by atoms with Crippen molar-refractivity contribution in [2.75, 3.05) is 9.80 Å². The summed E-state index contributed by atoms with van der Waals surface area (Å²) in [6, 6.07) is 62.7. The summed E-state index contributed by atoms with van der Waals surface area (Å²) in [6.07, 6.45) is 2.33. The quantitative estimate of drug-likeness (QED) is 0.163. The van der Waals surface area contributed by atoms with Crippen LogP contribution >= 0.6 is 11.3 Å². The number of benzene rings is 8. The fraction of sp³-hybridized carbons (Fsp3) is 0.213. The Labute approximate surface area is 389 Å². The van der Waals surface area contributed by atoms with E-state index in [0.29, 0.717) is 0 Å². The van der Waals surface area contributed by atoms with Gasteiger partial charge in [-0.25, -0.2) is 0 Å². The van der Waals surface area contributed by atoms with Crippen LogP contribution in [0.4, 0.5) is 34.1 Å². The second-order valence-corrected chi connectivity index (χ2v) is 22.3. The molecule has 0 N–H and O–H groups in total. The van der Waals surface area contributed by atoms with Crippen LogP contribution in [-0.4, -0.2) is 6.71 Å². The zero-order valence-electron chi connectivity index (χ0n) is 38.9. The van der Waals surface area contributed by atoms with Gasteiger partial charge in [-0.05, 0) is 134 Å². The molecule has 1 aliphatic carbocycles. The molecule has 0 radical (unpaired) electrons. The first-order chi connectivity index (χ1) is 31.3. The lowest BCUT2D eigenvalue weighted by Gasteiger charge is -2.48. The molecule has 0 spiro atoms. The average molecular weight is 859 g/mol.